The zero-order chi connectivity index (χ0) is 35.9. The number of fused-ring (bicyclic) bond motifs is 6. The molecule has 2 unspecified atom stereocenters. The Morgan fingerprint density at radius 1 is 1.12 bits per heavy atom. The number of anilines is 2. The topological polar surface area (TPSA) is 146 Å². The van der Waals surface area contributed by atoms with E-state index in [1.165, 1.54) is 0 Å². The summed E-state index contributed by atoms with van der Waals surface area (Å²) in [5.74, 6) is -0.652. The molecule has 2 bridgehead atoms. The highest BCUT2D eigenvalue weighted by Gasteiger charge is 2.47. The molecule has 1 saturated carbocycles. The summed E-state index contributed by atoms with van der Waals surface area (Å²) in [5, 5.41) is 21.1. The fourth-order valence-corrected chi connectivity index (χ4v) is 10.0. The van der Waals surface area contributed by atoms with Crippen LogP contribution in [0.5, 0.6) is 6.01 Å². The average molecular weight is 733 g/mol. The third kappa shape index (κ3) is 5.66. The van der Waals surface area contributed by atoms with Gasteiger partial charge in [0.05, 0.1) is 59.6 Å². The smallest absolute Gasteiger partial charge is 0.319 e. The van der Waals surface area contributed by atoms with E-state index in [2.05, 4.69) is 25.8 Å². The molecule has 52 heavy (non-hydrogen) atoms. The second kappa shape index (κ2) is 13.0. The molecule has 4 atom stereocenters. The monoisotopic (exact) mass is 732 g/mol. The lowest BCUT2D eigenvalue weighted by molar-refractivity contribution is 0.100. The molecular formula is C37H42F2N8O4S. The fourth-order valence-electron chi connectivity index (χ4n) is 9.09. The molecule has 3 N–H and O–H groups in total. The summed E-state index contributed by atoms with van der Waals surface area (Å²) in [6.07, 6.45) is 5.80. The van der Waals surface area contributed by atoms with Gasteiger partial charge >= 0.3 is 6.01 Å². The van der Waals surface area contributed by atoms with Gasteiger partial charge in [-0.15, -0.1) is 11.3 Å². The molecule has 1 aliphatic carbocycles. The van der Waals surface area contributed by atoms with Gasteiger partial charge in [-0.1, -0.05) is 0 Å². The van der Waals surface area contributed by atoms with Crippen LogP contribution in [0.15, 0.2) is 6.20 Å². The number of hydrogen-bond donors (Lipinski definition) is 2. The molecule has 4 fully saturated rings. The number of halogens is 2. The van der Waals surface area contributed by atoms with Crippen molar-refractivity contribution in [2.24, 2.45) is 5.41 Å². The summed E-state index contributed by atoms with van der Waals surface area (Å²) in [5.41, 5.74) is 7.87. The van der Waals surface area contributed by atoms with Crippen molar-refractivity contribution in [1.82, 2.24) is 24.8 Å². The summed E-state index contributed by atoms with van der Waals surface area (Å²) < 4.78 is 50.8. The number of piperazine rings is 1. The lowest BCUT2D eigenvalue weighted by Crippen LogP contribution is -2.55. The van der Waals surface area contributed by atoms with Crippen molar-refractivity contribution in [2.45, 2.75) is 76.5 Å². The van der Waals surface area contributed by atoms with Crippen LogP contribution in [0.1, 0.15) is 55.7 Å². The quantitative estimate of drug-likeness (QED) is 0.235. The molecule has 1 aromatic carbocycles. The molecule has 4 aliphatic heterocycles. The Hall–Kier alpha value is -3.78. The van der Waals surface area contributed by atoms with Crippen LogP contribution < -0.4 is 15.4 Å². The van der Waals surface area contributed by atoms with Gasteiger partial charge in [-0.05, 0) is 50.2 Å². The number of methoxy groups -OCH3 is 1. The van der Waals surface area contributed by atoms with Crippen LogP contribution in [0.3, 0.4) is 0 Å². The average Bonchev–Trinajstić information content (AvgIpc) is 3.46. The highest BCUT2D eigenvalue weighted by atomic mass is 32.1. The van der Waals surface area contributed by atoms with E-state index in [0.29, 0.717) is 29.9 Å². The zero-order valence-corrected chi connectivity index (χ0v) is 30.1. The minimum atomic E-state index is -0.647. The van der Waals surface area contributed by atoms with Gasteiger partial charge < -0.3 is 30.0 Å². The second-order valence-electron chi connectivity index (χ2n) is 15.3. The van der Waals surface area contributed by atoms with E-state index in [-0.39, 0.29) is 80.3 Å². The zero-order valence-electron chi connectivity index (χ0n) is 29.3. The normalized spacial score (nSPS) is 24.5. The number of pyridine rings is 1. The second-order valence-corrected chi connectivity index (χ2v) is 16.4. The van der Waals surface area contributed by atoms with Gasteiger partial charge in [0.1, 0.15) is 22.4 Å². The fraction of sp³-hybridized carbons (Fsp3) is 0.568. The number of aliphatic hydroxyl groups excluding tert-OH is 1. The maximum Gasteiger partial charge on any atom is 0.319 e. The first kappa shape index (κ1) is 34.0. The number of nitrogens with zero attached hydrogens (tertiary/aromatic N) is 7. The largest absolute Gasteiger partial charge is 0.463 e. The van der Waals surface area contributed by atoms with E-state index in [1.54, 1.807) is 14.0 Å². The van der Waals surface area contributed by atoms with E-state index in [1.807, 2.05) is 0 Å². The third-order valence-corrected chi connectivity index (χ3v) is 12.7. The molecule has 3 saturated heterocycles. The molecule has 274 valence electrons. The van der Waals surface area contributed by atoms with E-state index >= 15 is 8.78 Å². The molecule has 15 heteroatoms. The predicted octanol–water partition coefficient (Wildman–Crippen LogP) is 4.58. The van der Waals surface area contributed by atoms with Crippen LogP contribution in [0.25, 0.3) is 32.2 Å². The van der Waals surface area contributed by atoms with Crippen LogP contribution in [0.4, 0.5) is 19.6 Å². The van der Waals surface area contributed by atoms with E-state index in [0.717, 1.165) is 87.9 Å². The number of nitrogens with two attached hydrogens (primary N) is 1. The number of likely N-dealkylation sites (tertiary alicyclic amines) is 2. The lowest BCUT2D eigenvalue weighted by atomic mass is 9.93. The number of nitrogen functional groups attached to an aromatic ring is 1. The van der Waals surface area contributed by atoms with E-state index < -0.39 is 17.7 Å². The van der Waals surface area contributed by atoms with Crippen molar-refractivity contribution in [1.29, 1.82) is 5.26 Å². The van der Waals surface area contributed by atoms with Crippen LogP contribution in [-0.2, 0) is 22.7 Å². The number of nitriles is 1. The molecule has 7 heterocycles. The summed E-state index contributed by atoms with van der Waals surface area (Å²) in [6.45, 7) is 7.37. The highest BCUT2D eigenvalue weighted by molar-refractivity contribution is 7.23. The first-order valence-corrected chi connectivity index (χ1v) is 18.9. The number of thiophene rings is 1. The van der Waals surface area contributed by atoms with Crippen LogP contribution in [-0.4, -0.2) is 107 Å². The molecule has 9 rings (SSSR count). The summed E-state index contributed by atoms with van der Waals surface area (Å²) in [4.78, 5) is 21.3. The number of hydrogen-bond acceptors (Lipinski definition) is 13. The molecule has 0 radical (unpaired) electrons. The Labute approximate surface area is 304 Å². The minimum Gasteiger partial charge on any atom is -0.463 e. The first-order valence-electron chi connectivity index (χ1n) is 18.1. The number of rotatable bonds is 10. The van der Waals surface area contributed by atoms with Crippen LogP contribution in [0, 0.1) is 28.4 Å². The van der Waals surface area contributed by atoms with Crippen molar-refractivity contribution in [3.8, 4) is 23.3 Å². The number of benzene rings is 1. The molecule has 4 aromatic rings. The van der Waals surface area contributed by atoms with Gasteiger partial charge in [-0.3, -0.25) is 14.8 Å². The van der Waals surface area contributed by atoms with E-state index in [9.17, 15) is 10.4 Å². The summed E-state index contributed by atoms with van der Waals surface area (Å²) in [7, 11) is 1.76. The van der Waals surface area contributed by atoms with Crippen molar-refractivity contribution < 1.29 is 28.1 Å². The Morgan fingerprint density at radius 3 is 2.58 bits per heavy atom. The Bertz CT molecular complexity index is 2110. The SMILES string of the molecule is CO[C@@H]1CCN(CC2(COc3nc(N4C5CCC4CN(C[C@@H](C)O)C5)c4c5c(c(-c6ncc(F)c7sc(N)c(C#N)c67)c(F)c4n3)COC5)CC2)C1. The number of β-amino-alcohol motifs (C(OH)–C–C–N with tert-alkyl or cyclic N) is 1. The Kier molecular flexibility index (Phi) is 8.48. The van der Waals surface area contributed by atoms with Gasteiger partial charge in [0.2, 0.25) is 0 Å². The van der Waals surface area contributed by atoms with Gasteiger partial charge in [-0.25, -0.2) is 8.78 Å². The first-order chi connectivity index (χ1) is 25.2. The summed E-state index contributed by atoms with van der Waals surface area (Å²) >= 11 is 0.948. The molecular weight excluding hydrogens is 691 g/mol. The maximum absolute atomic E-state index is 17.5. The number of aliphatic hydroxyl groups is 1. The number of aromatic nitrogens is 3. The van der Waals surface area contributed by atoms with Gasteiger partial charge in [0.25, 0.3) is 0 Å². The third-order valence-electron chi connectivity index (χ3n) is 11.7. The van der Waals surface area contributed by atoms with Gasteiger partial charge in [-0.2, -0.15) is 15.2 Å². The maximum atomic E-state index is 17.5. The van der Waals surface area contributed by atoms with Crippen molar-refractivity contribution in [3.05, 3.63) is 34.5 Å². The van der Waals surface area contributed by atoms with E-state index in [4.69, 9.17) is 29.9 Å². The molecule has 0 spiro atoms. The molecule has 0 amide bonds. The summed E-state index contributed by atoms with van der Waals surface area (Å²) in [6, 6.07) is 2.40. The predicted molar refractivity (Wildman–Crippen MR) is 192 cm³/mol. The van der Waals surface area contributed by atoms with Crippen LogP contribution >= 0.6 is 11.3 Å². The van der Waals surface area contributed by atoms with Crippen molar-refractivity contribution >= 4 is 43.1 Å². The highest BCUT2D eigenvalue weighted by Crippen LogP contribution is 2.50. The standard InChI is InChI=1S/C37H42F2N8O4S/c1-19(48)11-46-12-20-3-4-21(13-46)47(20)35-29-25-16-50-15-24(25)27(31-28-23(9-40)34(41)52-33(28)26(38)10-42-31)30(39)32(29)43-36(44-35)51-18-37(6-7-37)17-45-8-5-22(14-45)49-2/h10,19-22,48H,3-8,11-18,41H2,1-2H3/t19-,20?,21?,22-/m1/s1. The molecule has 3 aromatic heterocycles. The Balaban J connectivity index is 1.18. The van der Waals surface area contributed by atoms with Crippen LogP contribution in [0.2, 0.25) is 0 Å². The Morgan fingerprint density at radius 2 is 1.88 bits per heavy atom. The van der Waals surface area contributed by atoms with Crippen molar-refractivity contribution in [2.75, 3.05) is 63.6 Å². The molecule has 12 nitrogen and oxygen atoms in total. The lowest BCUT2D eigenvalue weighted by Gasteiger charge is -2.42. The van der Waals surface area contributed by atoms with Crippen molar-refractivity contribution in [3.63, 3.8) is 0 Å². The minimum absolute atomic E-state index is 0.0293. The molecule has 5 aliphatic rings. The van der Waals surface area contributed by atoms with Gasteiger partial charge in [0, 0.05) is 74.8 Å². The van der Waals surface area contributed by atoms with Gasteiger partial charge in [0.15, 0.2) is 11.6 Å². The number of ether oxygens (including phenoxy) is 3.